The van der Waals surface area contributed by atoms with Gasteiger partial charge >= 0.3 is 6.18 Å². The minimum Gasteiger partial charge on any atom is -0.316 e. The molecule has 0 saturated carbocycles. The number of nitrogens with zero attached hydrogens (tertiary/aromatic N) is 2. The Morgan fingerprint density at radius 1 is 1.25 bits per heavy atom. The van der Waals surface area contributed by atoms with E-state index in [1.54, 1.807) is 18.5 Å². The summed E-state index contributed by atoms with van der Waals surface area (Å²) in [5.74, 6) is 0. The molecule has 6 heteroatoms. The first-order valence-electron chi connectivity index (χ1n) is 5.04. The molecule has 92 valence electrons. The van der Waals surface area contributed by atoms with E-state index in [9.17, 15) is 13.2 Å². The molecule has 0 aliphatic heterocycles. The standard InChI is InChI=1S/C10H16F3N3/c1-5(2)16-7(4)8(6(3)15-16)9(14)10(11,12)13/h5,9H,14H2,1-4H3. The normalized spacial score (nSPS) is 14.6. The fourth-order valence-corrected chi connectivity index (χ4v) is 1.79. The Morgan fingerprint density at radius 2 is 1.75 bits per heavy atom. The predicted octanol–water partition coefficient (Wildman–Crippen LogP) is 2.64. The van der Waals surface area contributed by atoms with Crippen molar-refractivity contribution in [3.8, 4) is 0 Å². The highest BCUT2D eigenvalue weighted by atomic mass is 19.4. The predicted molar refractivity (Wildman–Crippen MR) is 55.1 cm³/mol. The van der Waals surface area contributed by atoms with Crippen molar-refractivity contribution in [2.45, 2.75) is 46.0 Å². The summed E-state index contributed by atoms with van der Waals surface area (Å²) in [5.41, 5.74) is 6.12. The van der Waals surface area contributed by atoms with Crippen molar-refractivity contribution in [2.75, 3.05) is 0 Å². The van der Waals surface area contributed by atoms with Crippen molar-refractivity contribution in [3.63, 3.8) is 0 Å². The van der Waals surface area contributed by atoms with Gasteiger partial charge in [-0.05, 0) is 27.7 Å². The van der Waals surface area contributed by atoms with E-state index in [1.807, 2.05) is 13.8 Å². The maximum absolute atomic E-state index is 12.5. The van der Waals surface area contributed by atoms with Gasteiger partial charge in [0.1, 0.15) is 6.04 Å². The third-order valence-corrected chi connectivity index (χ3v) is 2.53. The number of nitrogens with two attached hydrogens (primary N) is 1. The van der Waals surface area contributed by atoms with Crippen LogP contribution in [0.15, 0.2) is 0 Å². The summed E-state index contributed by atoms with van der Waals surface area (Å²) < 4.78 is 39.2. The number of alkyl halides is 3. The zero-order valence-corrected chi connectivity index (χ0v) is 9.76. The van der Waals surface area contributed by atoms with Crippen molar-refractivity contribution >= 4 is 0 Å². The van der Waals surface area contributed by atoms with Crippen LogP contribution < -0.4 is 5.73 Å². The van der Waals surface area contributed by atoms with Crippen LogP contribution in [0.2, 0.25) is 0 Å². The summed E-state index contributed by atoms with van der Waals surface area (Å²) in [6.07, 6.45) is -4.43. The van der Waals surface area contributed by atoms with Crippen molar-refractivity contribution in [1.82, 2.24) is 9.78 Å². The van der Waals surface area contributed by atoms with Crippen LogP contribution in [0.3, 0.4) is 0 Å². The van der Waals surface area contributed by atoms with Gasteiger partial charge in [0, 0.05) is 17.3 Å². The summed E-state index contributed by atoms with van der Waals surface area (Å²) in [6.45, 7) is 6.89. The van der Waals surface area contributed by atoms with Gasteiger partial charge in [-0.25, -0.2) is 0 Å². The lowest BCUT2D eigenvalue weighted by Gasteiger charge is -2.16. The van der Waals surface area contributed by atoms with Gasteiger partial charge in [-0.1, -0.05) is 0 Å². The summed E-state index contributed by atoms with van der Waals surface area (Å²) in [4.78, 5) is 0. The van der Waals surface area contributed by atoms with E-state index >= 15 is 0 Å². The van der Waals surface area contributed by atoms with Gasteiger partial charge in [0.25, 0.3) is 0 Å². The molecular weight excluding hydrogens is 219 g/mol. The van der Waals surface area contributed by atoms with Gasteiger partial charge in [0.15, 0.2) is 0 Å². The molecule has 1 unspecified atom stereocenters. The van der Waals surface area contributed by atoms with Crippen molar-refractivity contribution in [2.24, 2.45) is 5.73 Å². The van der Waals surface area contributed by atoms with E-state index < -0.39 is 12.2 Å². The molecule has 0 aliphatic carbocycles. The summed E-state index contributed by atoms with van der Waals surface area (Å²) >= 11 is 0. The van der Waals surface area contributed by atoms with E-state index in [2.05, 4.69) is 5.10 Å². The Hall–Kier alpha value is -1.04. The van der Waals surface area contributed by atoms with Gasteiger partial charge < -0.3 is 5.73 Å². The van der Waals surface area contributed by atoms with E-state index in [1.165, 1.54) is 0 Å². The highest BCUT2D eigenvalue weighted by molar-refractivity contribution is 5.29. The first-order chi connectivity index (χ1) is 7.16. The minimum atomic E-state index is -4.43. The van der Waals surface area contributed by atoms with Crippen molar-refractivity contribution in [1.29, 1.82) is 0 Å². The van der Waals surface area contributed by atoms with Crippen LogP contribution in [-0.2, 0) is 0 Å². The average molecular weight is 235 g/mol. The molecule has 3 nitrogen and oxygen atoms in total. The number of aromatic nitrogens is 2. The van der Waals surface area contributed by atoms with E-state index in [4.69, 9.17) is 5.73 Å². The van der Waals surface area contributed by atoms with Gasteiger partial charge in [-0.15, -0.1) is 0 Å². The smallest absolute Gasteiger partial charge is 0.316 e. The zero-order valence-electron chi connectivity index (χ0n) is 9.76. The molecule has 0 fully saturated rings. The Kier molecular flexibility index (Phi) is 3.33. The van der Waals surface area contributed by atoms with Crippen LogP contribution in [0.5, 0.6) is 0 Å². The monoisotopic (exact) mass is 235 g/mol. The first kappa shape index (κ1) is 13.0. The molecule has 1 aromatic heterocycles. The molecule has 1 rings (SSSR count). The van der Waals surface area contributed by atoms with Gasteiger partial charge in [0.05, 0.1) is 5.69 Å². The summed E-state index contributed by atoms with van der Waals surface area (Å²) in [5, 5.41) is 4.08. The minimum absolute atomic E-state index is 0.0212. The molecule has 0 aliphatic rings. The lowest BCUT2D eigenvalue weighted by atomic mass is 10.1. The molecule has 0 aromatic carbocycles. The fourth-order valence-electron chi connectivity index (χ4n) is 1.79. The topological polar surface area (TPSA) is 43.8 Å². The van der Waals surface area contributed by atoms with Crippen LogP contribution >= 0.6 is 0 Å². The molecule has 16 heavy (non-hydrogen) atoms. The zero-order chi connectivity index (χ0) is 12.7. The van der Waals surface area contributed by atoms with Gasteiger partial charge in [-0.3, -0.25) is 4.68 Å². The molecule has 1 heterocycles. The Labute approximate surface area is 92.4 Å². The van der Waals surface area contributed by atoms with Crippen LogP contribution in [0.4, 0.5) is 13.2 Å². The summed E-state index contributed by atoms with van der Waals surface area (Å²) in [6, 6.07) is -1.94. The third-order valence-electron chi connectivity index (χ3n) is 2.53. The lowest BCUT2D eigenvalue weighted by Crippen LogP contribution is -2.29. The number of hydrogen-bond acceptors (Lipinski definition) is 2. The van der Waals surface area contributed by atoms with Gasteiger partial charge in [-0.2, -0.15) is 18.3 Å². The lowest BCUT2D eigenvalue weighted by molar-refractivity contribution is -0.149. The highest BCUT2D eigenvalue weighted by Gasteiger charge is 2.40. The molecule has 0 bridgehead atoms. The fraction of sp³-hybridized carbons (Fsp3) is 0.700. The van der Waals surface area contributed by atoms with E-state index in [0.29, 0.717) is 11.4 Å². The number of hydrogen-bond donors (Lipinski definition) is 1. The Morgan fingerprint density at radius 3 is 2.06 bits per heavy atom. The van der Waals surface area contributed by atoms with Crippen molar-refractivity contribution in [3.05, 3.63) is 17.0 Å². The highest BCUT2D eigenvalue weighted by Crippen LogP contribution is 2.34. The molecule has 1 atom stereocenters. The maximum Gasteiger partial charge on any atom is 0.407 e. The van der Waals surface area contributed by atoms with Gasteiger partial charge in [0.2, 0.25) is 0 Å². The molecular formula is C10H16F3N3. The van der Waals surface area contributed by atoms with Crippen LogP contribution in [0, 0.1) is 13.8 Å². The summed E-state index contributed by atoms with van der Waals surface area (Å²) in [7, 11) is 0. The van der Waals surface area contributed by atoms with E-state index in [0.717, 1.165) is 0 Å². The molecule has 1 aromatic rings. The van der Waals surface area contributed by atoms with Crippen LogP contribution in [0.1, 0.15) is 42.9 Å². The number of halogens is 3. The number of aryl methyl sites for hydroxylation is 1. The SMILES string of the molecule is Cc1nn(C(C)C)c(C)c1C(N)C(F)(F)F. The number of rotatable bonds is 2. The quantitative estimate of drug-likeness (QED) is 0.856. The second kappa shape index (κ2) is 4.08. The van der Waals surface area contributed by atoms with E-state index in [-0.39, 0.29) is 11.6 Å². The molecule has 2 N–H and O–H groups in total. The first-order valence-corrected chi connectivity index (χ1v) is 5.04. The van der Waals surface area contributed by atoms with Crippen LogP contribution in [-0.4, -0.2) is 16.0 Å². The molecule has 0 saturated heterocycles. The molecule has 0 amide bonds. The van der Waals surface area contributed by atoms with Crippen molar-refractivity contribution < 1.29 is 13.2 Å². The molecule has 0 radical (unpaired) electrons. The molecule has 0 spiro atoms. The maximum atomic E-state index is 12.5. The average Bonchev–Trinajstić information content (AvgIpc) is 2.39. The largest absolute Gasteiger partial charge is 0.407 e. The third kappa shape index (κ3) is 2.21. The van der Waals surface area contributed by atoms with Crippen LogP contribution in [0.25, 0.3) is 0 Å². The second-order valence-electron chi connectivity index (χ2n) is 4.14. The Bertz CT molecular complexity index is 379. The Balaban J connectivity index is 3.25. The second-order valence-corrected chi connectivity index (χ2v) is 4.14.